The summed E-state index contributed by atoms with van der Waals surface area (Å²) in [5.74, 6) is -0.531. The number of rotatable bonds is 4. The third kappa shape index (κ3) is 3.35. The second-order valence-electron chi connectivity index (χ2n) is 6.47. The summed E-state index contributed by atoms with van der Waals surface area (Å²) in [7, 11) is 1.85. The summed E-state index contributed by atoms with van der Waals surface area (Å²) < 4.78 is 7.08. The number of phenols is 1. The van der Waals surface area contributed by atoms with E-state index in [9.17, 15) is 9.90 Å². The van der Waals surface area contributed by atoms with E-state index in [1.165, 1.54) is 11.3 Å². The Kier molecular flexibility index (Phi) is 4.46. The molecule has 3 aromatic rings. The van der Waals surface area contributed by atoms with Crippen LogP contribution >= 0.6 is 11.3 Å². The van der Waals surface area contributed by atoms with E-state index in [0.29, 0.717) is 5.69 Å². The fourth-order valence-corrected chi connectivity index (χ4v) is 3.97. The fourth-order valence-electron chi connectivity index (χ4n) is 3.19. The zero-order valence-corrected chi connectivity index (χ0v) is 15.3. The highest BCUT2D eigenvalue weighted by Gasteiger charge is 2.19. The molecule has 2 aromatic heterocycles. The van der Waals surface area contributed by atoms with Gasteiger partial charge in [0.1, 0.15) is 22.9 Å². The van der Waals surface area contributed by atoms with E-state index < -0.39 is 5.97 Å². The number of ether oxygens (including phenoxy) is 1. The van der Waals surface area contributed by atoms with Crippen LogP contribution in [0.1, 0.15) is 40.0 Å². The third-order valence-corrected chi connectivity index (χ3v) is 5.47. The summed E-state index contributed by atoms with van der Waals surface area (Å²) in [6, 6.07) is 3.47. The Bertz CT molecular complexity index is 961. The molecule has 0 unspecified atom stereocenters. The Hall–Kier alpha value is -2.67. The van der Waals surface area contributed by atoms with Crippen LogP contribution in [0.25, 0.3) is 10.6 Å². The van der Waals surface area contributed by atoms with E-state index in [0.717, 1.165) is 47.4 Å². The van der Waals surface area contributed by atoms with Gasteiger partial charge in [-0.2, -0.15) is 5.10 Å². The van der Waals surface area contributed by atoms with Crippen molar-refractivity contribution in [1.82, 2.24) is 14.8 Å². The summed E-state index contributed by atoms with van der Waals surface area (Å²) in [6.45, 7) is 0.0755. The van der Waals surface area contributed by atoms with Crippen molar-refractivity contribution in [2.75, 3.05) is 0 Å². The first-order valence-electron chi connectivity index (χ1n) is 8.55. The van der Waals surface area contributed by atoms with Crippen LogP contribution in [0.3, 0.4) is 0 Å². The van der Waals surface area contributed by atoms with Crippen LogP contribution < -0.4 is 0 Å². The summed E-state index contributed by atoms with van der Waals surface area (Å²) in [5, 5.41) is 17.0. The lowest BCUT2D eigenvalue weighted by atomic mass is 9.90. The molecule has 26 heavy (non-hydrogen) atoms. The number of aromatic hydroxyl groups is 1. The summed E-state index contributed by atoms with van der Waals surface area (Å²) in [4.78, 5) is 16.9. The number of carbonyl (C=O) groups is 1. The van der Waals surface area contributed by atoms with Crippen molar-refractivity contribution in [3.05, 3.63) is 52.3 Å². The Labute approximate surface area is 155 Å². The van der Waals surface area contributed by atoms with Gasteiger partial charge in [0.2, 0.25) is 0 Å². The summed E-state index contributed by atoms with van der Waals surface area (Å²) in [6.07, 6.45) is 7.77. The van der Waals surface area contributed by atoms with Crippen LogP contribution in [0, 0.1) is 0 Å². The first-order valence-corrected chi connectivity index (χ1v) is 9.43. The fraction of sp³-hybridized carbons (Fsp3) is 0.316. The zero-order valence-electron chi connectivity index (χ0n) is 14.4. The second-order valence-corrected chi connectivity index (χ2v) is 7.33. The summed E-state index contributed by atoms with van der Waals surface area (Å²) in [5.41, 5.74) is 4.11. The molecule has 0 spiro atoms. The number of hydrogen-bond donors (Lipinski definition) is 1. The van der Waals surface area contributed by atoms with Crippen molar-refractivity contribution in [2.24, 2.45) is 7.05 Å². The number of phenolic OH excluding ortho intramolecular Hbond substituents is 1. The highest BCUT2D eigenvalue weighted by Crippen LogP contribution is 2.29. The Balaban J connectivity index is 1.45. The number of thiazole rings is 1. The van der Waals surface area contributed by atoms with E-state index in [1.807, 2.05) is 18.6 Å². The molecule has 7 heteroatoms. The van der Waals surface area contributed by atoms with Crippen molar-refractivity contribution in [3.8, 4) is 16.3 Å². The monoisotopic (exact) mass is 369 g/mol. The Morgan fingerprint density at radius 3 is 2.81 bits per heavy atom. The van der Waals surface area contributed by atoms with E-state index in [2.05, 4.69) is 10.1 Å². The standard InChI is InChI=1S/C19H19N3O3S/c1-22-9-14(8-20-22)18-21-15(11-26-18)10-25-19(24)16-6-12-4-2-3-5-13(12)7-17(16)23/h6-9,11,23H,2-5,10H2,1H3. The van der Waals surface area contributed by atoms with Crippen LogP contribution in [0.5, 0.6) is 5.75 Å². The molecule has 1 N–H and O–H groups in total. The average Bonchev–Trinajstić information content (AvgIpc) is 3.28. The minimum Gasteiger partial charge on any atom is -0.507 e. The number of aromatic nitrogens is 3. The molecule has 1 aliphatic rings. The van der Waals surface area contributed by atoms with Crippen LogP contribution in [-0.2, 0) is 31.2 Å². The quantitative estimate of drug-likeness (QED) is 0.713. The zero-order chi connectivity index (χ0) is 18.1. The Morgan fingerprint density at radius 2 is 2.08 bits per heavy atom. The molecular formula is C19H19N3O3S. The lowest BCUT2D eigenvalue weighted by molar-refractivity contribution is 0.0465. The molecule has 0 fully saturated rings. The van der Waals surface area contributed by atoms with Gasteiger partial charge in [-0.1, -0.05) is 0 Å². The molecule has 6 nitrogen and oxygen atoms in total. The lowest BCUT2D eigenvalue weighted by Gasteiger charge is -2.17. The van der Waals surface area contributed by atoms with Gasteiger partial charge in [0, 0.05) is 24.2 Å². The molecule has 0 atom stereocenters. The van der Waals surface area contributed by atoms with E-state index in [4.69, 9.17) is 4.74 Å². The van der Waals surface area contributed by atoms with Crippen LogP contribution in [-0.4, -0.2) is 25.8 Å². The van der Waals surface area contributed by atoms with E-state index in [1.54, 1.807) is 23.0 Å². The number of aryl methyl sites for hydroxylation is 3. The van der Waals surface area contributed by atoms with E-state index in [-0.39, 0.29) is 17.9 Å². The minimum atomic E-state index is -0.521. The van der Waals surface area contributed by atoms with Gasteiger partial charge in [-0.25, -0.2) is 9.78 Å². The molecule has 134 valence electrons. The number of carbonyl (C=O) groups excluding carboxylic acids is 1. The molecule has 0 bridgehead atoms. The van der Waals surface area contributed by atoms with Crippen molar-refractivity contribution in [1.29, 1.82) is 0 Å². The molecule has 1 aromatic carbocycles. The summed E-state index contributed by atoms with van der Waals surface area (Å²) >= 11 is 1.48. The molecule has 4 rings (SSSR count). The second kappa shape index (κ2) is 6.92. The highest BCUT2D eigenvalue weighted by molar-refractivity contribution is 7.13. The average molecular weight is 369 g/mol. The number of esters is 1. The molecule has 0 saturated carbocycles. The molecule has 2 heterocycles. The number of benzene rings is 1. The van der Waals surface area contributed by atoms with Crippen LogP contribution in [0.4, 0.5) is 0 Å². The third-order valence-electron chi connectivity index (χ3n) is 4.53. The number of nitrogens with zero attached hydrogens (tertiary/aromatic N) is 3. The van der Waals surface area contributed by atoms with Crippen molar-refractivity contribution >= 4 is 17.3 Å². The molecule has 0 aliphatic heterocycles. The molecule has 0 radical (unpaired) electrons. The van der Waals surface area contributed by atoms with Crippen molar-refractivity contribution < 1.29 is 14.6 Å². The van der Waals surface area contributed by atoms with Gasteiger partial charge in [-0.3, -0.25) is 4.68 Å². The normalized spacial score (nSPS) is 13.4. The SMILES string of the molecule is Cn1cc(-c2nc(COC(=O)c3cc4c(cc3O)CCCC4)cs2)cn1. The van der Waals surface area contributed by atoms with Crippen LogP contribution in [0.15, 0.2) is 29.9 Å². The highest BCUT2D eigenvalue weighted by atomic mass is 32.1. The minimum absolute atomic E-state index is 0.00928. The van der Waals surface area contributed by atoms with Gasteiger partial charge in [0.05, 0.1) is 11.9 Å². The predicted octanol–water partition coefficient (Wildman–Crippen LogP) is 3.49. The van der Waals surface area contributed by atoms with Crippen molar-refractivity contribution in [2.45, 2.75) is 32.3 Å². The van der Waals surface area contributed by atoms with Gasteiger partial charge < -0.3 is 9.84 Å². The first-order chi connectivity index (χ1) is 12.6. The van der Waals surface area contributed by atoms with E-state index >= 15 is 0 Å². The maximum atomic E-state index is 12.4. The van der Waals surface area contributed by atoms with Gasteiger partial charge in [0.25, 0.3) is 0 Å². The first kappa shape index (κ1) is 16.8. The van der Waals surface area contributed by atoms with Gasteiger partial charge in [0.15, 0.2) is 0 Å². The predicted molar refractivity (Wildman–Crippen MR) is 98.2 cm³/mol. The van der Waals surface area contributed by atoms with Crippen LogP contribution in [0.2, 0.25) is 0 Å². The molecule has 0 saturated heterocycles. The smallest absolute Gasteiger partial charge is 0.342 e. The van der Waals surface area contributed by atoms with Gasteiger partial charge in [-0.15, -0.1) is 11.3 Å². The Morgan fingerprint density at radius 1 is 1.31 bits per heavy atom. The largest absolute Gasteiger partial charge is 0.507 e. The topological polar surface area (TPSA) is 77.2 Å². The number of hydrogen-bond acceptors (Lipinski definition) is 6. The lowest BCUT2D eigenvalue weighted by Crippen LogP contribution is -2.09. The number of fused-ring (bicyclic) bond motifs is 1. The van der Waals surface area contributed by atoms with Gasteiger partial charge in [-0.05, 0) is 48.9 Å². The molecular weight excluding hydrogens is 350 g/mol. The molecule has 0 amide bonds. The maximum Gasteiger partial charge on any atom is 0.342 e. The van der Waals surface area contributed by atoms with Gasteiger partial charge >= 0.3 is 5.97 Å². The molecule has 1 aliphatic carbocycles. The maximum absolute atomic E-state index is 12.4. The van der Waals surface area contributed by atoms with Crippen molar-refractivity contribution in [3.63, 3.8) is 0 Å².